The van der Waals surface area contributed by atoms with E-state index in [1.165, 1.54) is 4.90 Å². The fourth-order valence-corrected chi connectivity index (χ4v) is 4.23. The molecule has 3 rings (SSSR count). The summed E-state index contributed by atoms with van der Waals surface area (Å²) in [6, 6.07) is 7.65. The maximum atomic E-state index is 14.0. The van der Waals surface area contributed by atoms with E-state index >= 15 is 0 Å². The number of hydrogen-bond acceptors (Lipinski definition) is 5. The predicted octanol–water partition coefficient (Wildman–Crippen LogP) is 4.84. The van der Waals surface area contributed by atoms with Crippen molar-refractivity contribution in [2.24, 2.45) is 11.8 Å². The lowest BCUT2D eigenvalue weighted by Gasteiger charge is -2.44. The van der Waals surface area contributed by atoms with Gasteiger partial charge < -0.3 is 25.8 Å². The molecule has 11 heteroatoms. The molecule has 0 spiro atoms. The van der Waals surface area contributed by atoms with E-state index in [0.717, 1.165) is 24.6 Å². The number of rotatable bonds is 8. The smallest absolute Gasteiger partial charge is 0.406 e. The van der Waals surface area contributed by atoms with Gasteiger partial charge in [0.1, 0.15) is 11.6 Å². The molecule has 0 saturated carbocycles. The third kappa shape index (κ3) is 5.84. The SMILES string of the molecule is CC(C)CN1C(=O)c2ccccc2[C@@H](C(=O)Nc2cc(F)cc(OC(F)(F)F)c2)[C@@H]1C(C=N)C=N. The Hall–Kier alpha value is -3.76. The van der Waals surface area contributed by atoms with Crippen LogP contribution in [0.1, 0.15) is 35.7 Å². The Bertz CT molecular complexity index is 1130. The number of carbonyl (C=O) groups is 2. The van der Waals surface area contributed by atoms with Crippen molar-refractivity contribution in [3.05, 3.63) is 59.4 Å². The second-order valence-corrected chi connectivity index (χ2v) is 8.53. The first kappa shape index (κ1) is 25.9. The molecule has 7 nitrogen and oxygen atoms in total. The predicted molar refractivity (Wildman–Crippen MR) is 122 cm³/mol. The molecule has 3 N–H and O–H groups in total. The van der Waals surface area contributed by atoms with Crippen molar-refractivity contribution in [2.75, 3.05) is 11.9 Å². The molecule has 1 aliphatic rings. The first-order chi connectivity index (χ1) is 16.4. The van der Waals surface area contributed by atoms with E-state index < -0.39 is 41.7 Å². The van der Waals surface area contributed by atoms with Gasteiger partial charge in [-0.15, -0.1) is 13.2 Å². The molecule has 2 aromatic carbocycles. The van der Waals surface area contributed by atoms with Gasteiger partial charge in [0.15, 0.2) is 0 Å². The van der Waals surface area contributed by atoms with E-state index in [9.17, 15) is 27.2 Å². The highest BCUT2D eigenvalue weighted by Crippen LogP contribution is 2.38. The summed E-state index contributed by atoms with van der Waals surface area (Å²) in [5.41, 5.74) is 0.328. The van der Waals surface area contributed by atoms with Crippen LogP contribution >= 0.6 is 0 Å². The van der Waals surface area contributed by atoms with Gasteiger partial charge in [0.25, 0.3) is 5.91 Å². The van der Waals surface area contributed by atoms with Gasteiger partial charge in [-0.3, -0.25) is 9.59 Å². The third-order valence-electron chi connectivity index (χ3n) is 5.48. The zero-order valence-corrected chi connectivity index (χ0v) is 18.9. The lowest BCUT2D eigenvalue weighted by atomic mass is 9.76. The monoisotopic (exact) mass is 492 g/mol. The van der Waals surface area contributed by atoms with E-state index in [-0.39, 0.29) is 29.6 Å². The second-order valence-electron chi connectivity index (χ2n) is 8.53. The minimum absolute atomic E-state index is 0.00200. The minimum Gasteiger partial charge on any atom is -0.406 e. The lowest BCUT2D eigenvalue weighted by Crippen LogP contribution is -2.56. The highest BCUT2D eigenvalue weighted by molar-refractivity contribution is 6.05. The summed E-state index contributed by atoms with van der Waals surface area (Å²) in [6.07, 6.45) is -3.13. The van der Waals surface area contributed by atoms with Crippen molar-refractivity contribution in [2.45, 2.75) is 32.2 Å². The van der Waals surface area contributed by atoms with E-state index in [0.29, 0.717) is 11.6 Å². The Morgan fingerprint density at radius 1 is 1.17 bits per heavy atom. The first-order valence-electron chi connectivity index (χ1n) is 10.7. The van der Waals surface area contributed by atoms with Crippen molar-refractivity contribution in [1.29, 1.82) is 10.8 Å². The van der Waals surface area contributed by atoms with Gasteiger partial charge in [0.05, 0.1) is 12.0 Å². The van der Waals surface area contributed by atoms with Gasteiger partial charge in [-0.1, -0.05) is 32.0 Å². The van der Waals surface area contributed by atoms with Gasteiger partial charge in [0.2, 0.25) is 5.91 Å². The topological polar surface area (TPSA) is 106 Å². The maximum Gasteiger partial charge on any atom is 0.573 e. The molecule has 0 bridgehead atoms. The largest absolute Gasteiger partial charge is 0.573 e. The molecule has 35 heavy (non-hydrogen) atoms. The Labute approximate surface area is 199 Å². The van der Waals surface area contributed by atoms with Crippen LogP contribution in [0.5, 0.6) is 5.75 Å². The maximum absolute atomic E-state index is 14.0. The average Bonchev–Trinajstić information content (AvgIpc) is 2.75. The Kier molecular flexibility index (Phi) is 7.57. The van der Waals surface area contributed by atoms with Crippen LogP contribution in [0.25, 0.3) is 0 Å². The molecule has 2 atom stereocenters. The molecule has 0 radical (unpaired) electrons. The van der Waals surface area contributed by atoms with Crippen molar-refractivity contribution in [3.8, 4) is 5.75 Å². The molecule has 1 heterocycles. The van der Waals surface area contributed by atoms with Crippen LogP contribution in [-0.4, -0.2) is 48.1 Å². The van der Waals surface area contributed by atoms with Gasteiger partial charge in [0, 0.05) is 48.3 Å². The molecule has 0 unspecified atom stereocenters. The number of nitrogens with zero attached hydrogens (tertiary/aromatic N) is 1. The normalized spacial score (nSPS) is 18.6. The van der Waals surface area contributed by atoms with Crippen molar-refractivity contribution < 1.29 is 31.9 Å². The Morgan fingerprint density at radius 3 is 2.43 bits per heavy atom. The molecular weight excluding hydrogens is 468 g/mol. The molecule has 0 saturated heterocycles. The van der Waals surface area contributed by atoms with Gasteiger partial charge >= 0.3 is 6.36 Å². The summed E-state index contributed by atoms with van der Waals surface area (Å²) < 4.78 is 55.6. The van der Waals surface area contributed by atoms with Crippen LogP contribution in [-0.2, 0) is 4.79 Å². The van der Waals surface area contributed by atoms with Gasteiger partial charge in [-0.2, -0.15) is 0 Å². The zero-order chi connectivity index (χ0) is 25.9. The molecule has 186 valence electrons. The summed E-state index contributed by atoms with van der Waals surface area (Å²) in [5, 5.41) is 18.0. The number of amides is 2. The fraction of sp³-hybridized carbons (Fsp3) is 0.333. The number of alkyl halides is 3. The summed E-state index contributed by atoms with van der Waals surface area (Å²) in [6.45, 7) is 3.99. The average molecular weight is 492 g/mol. The van der Waals surface area contributed by atoms with Crippen LogP contribution < -0.4 is 10.1 Å². The minimum atomic E-state index is -5.05. The number of carbonyl (C=O) groups excluding carboxylic acids is 2. The lowest BCUT2D eigenvalue weighted by molar-refractivity contribution is -0.274. The number of anilines is 1. The molecule has 0 fully saturated rings. The van der Waals surface area contributed by atoms with Crippen molar-refractivity contribution in [3.63, 3.8) is 0 Å². The number of nitrogens with one attached hydrogen (secondary N) is 3. The number of benzene rings is 2. The summed E-state index contributed by atoms with van der Waals surface area (Å²) in [7, 11) is 0. The quantitative estimate of drug-likeness (QED) is 0.363. The molecule has 2 amide bonds. The van der Waals surface area contributed by atoms with Gasteiger partial charge in [-0.05, 0) is 23.6 Å². The van der Waals surface area contributed by atoms with Crippen molar-refractivity contribution >= 4 is 29.9 Å². The van der Waals surface area contributed by atoms with E-state index in [4.69, 9.17) is 10.8 Å². The third-order valence-corrected chi connectivity index (χ3v) is 5.48. The second kappa shape index (κ2) is 10.2. The van der Waals surface area contributed by atoms with E-state index in [1.54, 1.807) is 24.3 Å². The fourth-order valence-electron chi connectivity index (χ4n) is 4.23. The molecule has 1 aliphatic heterocycles. The highest BCUT2D eigenvalue weighted by atomic mass is 19.4. The van der Waals surface area contributed by atoms with Crippen LogP contribution in [0.2, 0.25) is 0 Å². The van der Waals surface area contributed by atoms with Crippen LogP contribution in [0.3, 0.4) is 0 Å². The summed E-state index contributed by atoms with van der Waals surface area (Å²) in [5.74, 6) is -5.01. The van der Waals surface area contributed by atoms with E-state index in [1.807, 2.05) is 13.8 Å². The van der Waals surface area contributed by atoms with Crippen LogP contribution in [0.4, 0.5) is 23.2 Å². The molecule has 2 aromatic rings. The Balaban J connectivity index is 2.08. The van der Waals surface area contributed by atoms with Gasteiger partial charge in [-0.25, -0.2) is 4.39 Å². The number of hydrogen-bond donors (Lipinski definition) is 3. The standard InChI is InChI=1S/C24H24F4N4O3/c1-13(2)12-32-21(14(10-29)11-30)20(18-5-3-4-6-19(18)23(32)34)22(33)31-16-7-15(25)8-17(9-16)35-24(26,27)28/h3-11,13-14,20-21,29-30H,12H2,1-2H3,(H,31,33)/t14?,20-,21+/m1/s1. The highest BCUT2D eigenvalue weighted by Gasteiger charge is 2.46. The molecular formula is C24H24F4N4O3. The molecule has 0 aliphatic carbocycles. The number of fused-ring (bicyclic) bond motifs is 1. The summed E-state index contributed by atoms with van der Waals surface area (Å²) >= 11 is 0. The van der Waals surface area contributed by atoms with Crippen LogP contribution in [0.15, 0.2) is 42.5 Å². The molecule has 0 aromatic heterocycles. The summed E-state index contributed by atoms with van der Waals surface area (Å²) in [4.78, 5) is 28.3. The Morgan fingerprint density at radius 2 is 1.83 bits per heavy atom. The van der Waals surface area contributed by atoms with E-state index in [2.05, 4.69) is 10.1 Å². The zero-order valence-electron chi connectivity index (χ0n) is 18.9. The number of halogens is 4. The van der Waals surface area contributed by atoms with Crippen LogP contribution in [0, 0.1) is 28.5 Å². The number of ether oxygens (including phenoxy) is 1. The first-order valence-corrected chi connectivity index (χ1v) is 10.7. The van der Waals surface area contributed by atoms with Crippen molar-refractivity contribution in [1.82, 2.24) is 4.90 Å².